The average Bonchev–Trinajstić information content (AvgIpc) is 1.95. The Bertz CT molecular complexity index is 221. The minimum atomic E-state index is -2.80. The average molecular weight is 193 g/mol. The van der Waals surface area contributed by atoms with E-state index in [9.17, 15) is 8.42 Å². The lowest BCUT2D eigenvalue weighted by molar-refractivity contribution is -0.00410. The van der Waals surface area contributed by atoms with Crippen LogP contribution in [0.25, 0.3) is 0 Å². The Morgan fingerprint density at radius 3 is 2.58 bits per heavy atom. The third kappa shape index (κ3) is 3.08. The van der Waals surface area contributed by atoms with Crippen LogP contribution in [0.4, 0.5) is 0 Å². The van der Waals surface area contributed by atoms with Gasteiger partial charge in [-0.1, -0.05) is 6.92 Å². The van der Waals surface area contributed by atoms with E-state index < -0.39 is 9.84 Å². The Kier molecular flexibility index (Phi) is 3.49. The molecule has 1 rings (SSSR count). The summed E-state index contributed by atoms with van der Waals surface area (Å²) in [4.78, 5) is 0. The summed E-state index contributed by atoms with van der Waals surface area (Å²) in [6.45, 7) is 3.64. The van der Waals surface area contributed by atoms with Gasteiger partial charge in [0.1, 0.15) is 0 Å². The van der Waals surface area contributed by atoms with Gasteiger partial charge in [-0.05, 0) is 0 Å². The van der Waals surface area contributed by atoms with Gasteiger partial charge >= 0.3 is 0 Å². The molecule has 0 spiro atoms. The minimum absolute atomic E-state index is 0.232. The summed E-state index contributed by atoms with van der Waals surface area (Å²) in [5.41, 5.74) is 0. The molecule has 1 heterocycles. The normalized spacial score (nSPS) is 19.1. The van der Waals surface area contributed by atoms with Gasteiger partial charge in [-0.25, -0.2) is 8.42 Å². The number of sulfone groups is 1. The second kappa shape index (κ2) is 4.20. The van der Waals surface area contributed by atoms with E-state index >= 15 is 0 Å². The summed E-state index contributed by atoms with van der Waals surface area (Å²) in [7, 11) is -2.80. The van der Waals surface area contributed by atoms with Crippen LogP contribution in [0, 0.1) is 0 Å². The van der Waals surface area contributed by atoms with Crippen molar-refractivity contribution in [2.75, 3.05) is 31.3 Å². The predicted molar refractivity (Wildman–Crippen MR) is 46.9 cm³/mol. The van der Waals surface area contributed by atoms with Crippen LogP contribution in [0.15, 0.2) is 0 Å². The lowest BCUT2D eigenvalue weighted by atomic mass is 10.3. The molecule has 0 unspecified atom stereocenters. The molecule has 1 saturated heterocycles. The van der Waals surface area contributed by atoms with Crippen molar-refractivity contribution in [3.63, 3.8) is 0 Å². The third-order valence-corrected chi connectivity index (χ3v) is 3.63. The molecule has 5 heteroatoms. The Hall–Kier alpha value is -0.130. The van der Waals surface area contributed by atoms with Gasteiger partial charge in [0.2, 0.25) is 0 Å². The maximum atomic E-state index is 11.0. The largest absolute Gasteiger partial charge is 0.378 e. The smallest absolute Gasteiger partial charge is 0.151 e. The number of rotatable bonds is 5. The highest BCUT2D eigenvalue weighted by Crippen LogP contribution is 1.98. The Balaban J connectivity index is 2.08. The number of nitrogens with one attached hydrogen (secondary N) is 1. The quantitative estimate of drug-likeness (QED) is 0.634. The molecule has 0 aromatic rings. The molecule has 0 aromatic carbocycles. The Labute approximate surface area is 73.2 Å². The third-order valence-electron chi connectivity index (χ3n) is 1.92. The molecular weight excluding hydrogens is 178 g/mol. The second-order valence-electron chi connectivity index (χ2n) is 2.92. The lowest BCUT2D eigenvalue weighted by Crippen LogP contribution is -2.47. The fraction of sp³-hybridized carbons (Fsp3) is 1.00. The maximum absolute atomic E-state index is 11.0. The van der Waals surface area contributed by atoms with Crippen molar-refractivity contribution in [1.29, 1.82) is 0 Å². The predicted octanol–water partition coefficient (Wildman–Crippen LogP) is -0.590. The first-order valence-corrected chi connectivity index (χ1v) is 5.98. The molecule has 0 aliphatic carbocycles. The first-order chi connectivity index (χ1) is 5.64. The molecule has 1 fully saturated rings. The molecule has 0 radical (unpaired) electrons. The van der Waals surface area contributed by atoms with E-state index in [0.717, 1.165) is 0 Å². The molecule has 1 aliphatic rings. The molecule has 0 aromatic heterocycles. The van der Waals surface area contributed by atoms with E-state index in [1.807, 2.05) is 0 Å². The SMILES string of the molecule is CCS(=O)(=O)CCNC1COC1. The zero-order valence-electron chi connectivity index (χ0n) is 7.25. The molecule has 4 nitrogen and oxygen atoms in total. The van der Waals surface area contributed by atoms with E-state index in [-0.39, 0.29) is 11.5 Å². The minimum Gasteiger partial charge on any atom is -0.378 e. The van der Waals surface area contributed by atoms with Gasteiger partial charge in [0.15, 0.2) is 9.84 Å². The van der Waals surface area contributed by atoms with Gasteiger partial charge in [0.25, 0.3) is 0 Å². The molecular formula is C7H15NO3S. The summed E-state index contributed by atoms with van der Waals surface area (Å²) in [6.07, 6.45) is 0. The van der Waals surface area contributed by atoms with Gasteiger partial charge in [0, 0.05) is 12.3 Å². The van der Waals surface area contributed by atoms with Crippen molar-refractivity contribution in [1.82, 2.24) is 5.32 Å². The molecule has 0 bridgehead atoms. The zero-order chi connectivity index (χ0) is 9.03. The van der Waals surface area contributed by atoms with E-state index in [1.165, 1.54) is 0 Å². The molecule has 1 aliphatic heterocycles. The van der Waals surface area contributed by atoms with Crippen molar-refractivity contribution in [2.24, 2.45) is 0 Å². The summed E-state index contributed by atoms with van der Waals surface area (Å²) in [5, 5.41) is 3.11. The van der Waals surface area contributed by atoms with Crippen molar-refractivity contribution < 1.29 is 13.2 Å². The lowest BCUT2D eigenvalue weighted by Gasteiger charge is -2.26. The van der Waals surface area contributed by atoms with Gasteiger partial charge in [-0.15, -0.1) is 0 Å². The van der Waals surface area contributed by atoms with Gasteiger partial charge in [0.05, 0.1) is 25.0 Å². The maximum Gasteiger partial charge on any atom is 0.151 e. The fourth-order valence-electron chi connectivity index (χ4n) is 0.916. The summed E-state index contributed by atoms with van der Waals surface area (Å²) in [5.74, 6) is 0.468. The molecule has 0 atom stereocenters. The van der Waals surface area contributed by atoms with Crippen LogP contribution >= 0.6 is 0 Å². The van der Waals surface area contributed by atoms with Crippen LogP contribution in [-0.2, 0) is 14.6 Å². The van der Waals surface area contributed by atoms with Crippen LogP contribution in [0.2, 0.25) is 0 Å². The molecule has 0 saturated carbocycles. The van der Waals surface area contributed by atoms with Crippen LogP contribution in [-0.4, -0.2) is 45.7 Å². The highest BCUT2D eigenvalue weighted by atomic mass is 32.2. The Morgan fingerprint density at radius 1 is 1.50 bits per heavy atom. The zero-order valence-corrected chi connectivity index (χ0v) is 8.06. The highest BCUT2D eigenvalue weighted by Gasteiger charge is 2.17. The van der Waals surface area contributed by atoms with E-state index in [0.29, 0.717) is 25.8 Å². The number of ether oxygens (including phenoxy) is 1. The monoisotopic (exact) mass is 193 g/mol. The molecule has 12 heavy (non-hydrogen) atoms. The van der Waals surface area contributed by atoms with Crippen molar-refractivity contribution in [3.8, 4) is 0 Å². The van der Waals surface area contributed by atoms with Gasteiger partial charge < -0.3 is 10.1 Å². The van der Waals surface area contributed by atoms with Crippen molar-refractivity contribution >= 4 is 9.84 Å². The fourth-order valence-corrected chi connectivity index (χ4v) is 1.63. The standard InChI is InChI=1S/C7H15NO3S/c1-2-12(9,10)4-3-8-7-5-11-6-7/h7-8H,2-6H2,1H3. The van der Waals surface area contributed by atoms with E-state index in [1.54, 1.807) is 6.92 Å². The summed E-state index contributed by atoms with van der Waals surface area (Å²) >= 11 is 0. The number of hydrogen-bond donors (Lipinski definition) is 1. The van der Waals surface area contributed by atoms with Crippen molar-refractivity contribution in [2.45, 2.75) is 13.0 Å². The van der Waals surface area contributed by atoms with Gasteiger partial charge in [-0.3, -0.25) is 0 Å². The molecule has 0 amide bonds. The second-order valence-corrected chi connectivity index (χ2v) is 5.40. The first kappa shape index (κ1) is 9.95. The molecule has 72 valence electrons. The number of hydrogen-bond acceptors (Lipinski definition) is 4. The van der Waals surface area contributed by atoms with Crippen LogP contribution in [0.5, 0.6) is 0 Å². The topological polar surface area (TPSA) is 55.4 Å². The highest BCUT2D eigenvalue weighted by molar-refractivity contribution is 7.91. The van der Waals surface area contributed by atoms with E-state index in [4.69, 9.17) is 4.74 Å². The molecule has 1 N–H and O–H groups in total. The van der Waals surface area contributed by atoms with Crippen LogP contribution in [0.1, 0.15) is 6.92 Å². The first-order valence-electron chi connectivity index (χ1n) is 4.15. The Morgan fingerprint density at radius 2 is 2.17 bits per heavy atom. The summed E-state index contributed by atoms with van der Waals surface area (Å²) in [6, 6.07) is 0.372. The van der Waals surface area contributed by atoms with Crippen LogP contribution in [0.3, 0.4) is 0 Å². The van der Waals surface area contributed by atoms with Crippen LogP contribution < -0.4 is 5.32 Å². The van der Waals surface area contributed by atoms with E-state index in [2.05, 4.69) is 5.32 Å². The summed E-state index contributed by atoms with van der Waals surface area (Å²) < 4.78 is 27.0. The van der Waals surface area contributed by atoms with Gasteiger partial charge in [-0.2, -0.15) is 0 Å². The van der Waals surface area contributed by atoms with Crippen molar-refractivity contribution in [3.05, 3.63) is 0 Å².